The van der Waals surface area contributed by atoms with Gasteiger partial charge in [0.05, 0.1) is 18.0 Å². The van der Waals surface area contributed by atoms with Crippen LogP contribution in [0.2, 0.25) is 0 Å². The van der Waals surface area contributed by atoms with E-state index in [1.807, 2.05) is 42.5 Å². The van der Waals surface area contributed by atoms with Gasteiger partial charge in [-0.05, 0) is 43.9 Å². The van der Waals surface area contributed by atoms with Gasteiger partial charge in [0, 0.05) is 12.6 Å². The second-order valence-electron chi connectivity index (χ2n) is 8.95. The molecule has 0 aromatic heterocycles. The smallest absolute Gasteiger partial charge is 0.227 e. The predicted molar refractivity (Wildman–Crippen MR) is 138 cm³/mol. The molecular formula is C30H38N2O. The Kier molecular flexibility index (Phi) is 9.26. The molecule has 0 aliphatic rings. The van der Waals surface area contributed by atoms with E-state index >= 15 is 0 Å². The highest BCUT2D eigenvalue weighted by molar-refractivity contribution is 5.80. The molecule has 3 aromatic rings. The zero-order chi connectivity index (χ0) is 23.6. The van der Waals surface area contributed by atoms with Gasteiger partial charge < -0.3 is 10.2 Å². The van der Waals surface area contributed by atoms with Crippen LogP contribution in [-0.2, 0) is 4.79 Å². The summed E-state index contributed by atoms with van der Waals surface area (Å²) in [6, 6.07) is 31.3. The van der Waals surface area contributed by atoms with Gasteiger partial charge in [-0.3, -0.25) is 4.79 Å². The lowest BCUT2D eigenvalue weighted by atomic mass is 9.95. The number of rotatable bonds is 11. The topological polar surface area (TPSA) is 32.3 Å². The maximum atomic E-state index is 14.1. The second-order valence-corrected chi connectivity index (χ2v) is 8.95. The molecule has 0 aliphatic heterocycles. The van der Waals surface area contributed by atoms with Gasteiger partial charge in [0.1, 0.15) is 0 Å². The summed E-state index contributed by atoms with van der Waals surface area (Å²) in [6.45, 7) is 9.29. The summed E-state index contributed by atoms with van der Waals surface area (Å²) in [7, 11) is 0. The molecule has 3 nitrogen and oxygen atoms in total. The van der Waals surface area contributed by atoms with E-state index in [0.717, 1.165) is 24.0 Å². The maximum absolute atomic E-state index is 14.1. The van der Waals surface area contributed by atoms with Crippen LogP contribution in [0.1, 0.15) is 75.4 Å². The van der Waals surface area contributed by atoms with Crippen molar-refractivity contribution < 1.29 is 4.79 Å². The number of amides is 1. The van der Waals surface area contributed by atoms with E-state index in [4.69, 9.17) is 0 Å². The van der Waals surface area contributed by atoms with Crippen LogP contribution in [0, 0.1) is 5.92 Å². The number of hydrogen-bond donors (Lipinski definition) is 1. The zero-order valence-electron chi connectivity index (χ0n) is 20.4. The molecule has 0 saturated carbocycles. The third-order valence-corrected chi connectivity index (χ3v) is 6.61. The average Bonchev–Trinajstić information content (AvgIpc) is 2.87. The van der Waals surface area contributed by atoms with Crippen LogP contribution in [-0.4, -0.2) is 17.4 Å². The predicted octanol–water partition coefficient (Wildman–Crippen LogP) is 7.10. The molecule has 4 atom stereocenters. The van der Waals surface area contributed by atoms with E-state index in [-0.39, 0.29) is 30.0 Å². The minimum atomic E-state index is -0.0708. The summed E-state index contributed by atoms with van der Waals surface area (Å²) in [5, 5.41) is 3.63. The fourth-order valence-electron chi connectivity index (χ4n) is 4.55. The molecule has 0 radical (unpaired) electrons. The Bertz CT molecular complexity index is 913. The molecule has 1 amide bonds. The molecule has 3 rings (SSSR count). The highest BCUT2D eigenvalue weighted by atomic mass is 16.2. The van der Waals surface area contributed by atoms with Crippen LogP contribution in [0.15, 0.2) is 91.0 Å². The van der Waals surface area contributed by atoms with Crippen molar-refractivity contribution in [3.8, 4) is 0 Å². The van der Waals surface area contributed by atoms with Crippen molar-refractivity contribution in [3.63, 3.8) is 0 Å². The highest BCUT2D eigenvalue weighted by Gasteiger charge is 2.32. The van der Waals surface area contributed by atoms with E-state index in [0.29, 0.717) is 6.54 Å². The Morgan fingerprint density at radius 3 is 1.58 bits per heavy atom. The largest absolute Gasteiger partial charge is 0.329 e. The standard InChI is InChI=1S/C30H38N2O/c1-5-15-29(22-31-23(2)26-16-9-6-10-17-26)30(33)32(24(3)27-18-11-7-12-19-27)25(4)28-20-13-8-14-21-28/h6-14,16-21,23-25,29,31H,5,15,22H2,1-4H3/t23-,24+,25+,29+/m0/s1. The first-order valence-electron chi connectivity index (χ1n) is 12.2. The summed E-state index contributed by atoms with van der Waals surface area (Å²) in [5.74, 6) is 0.149. The molecule has 0 bridgehead atoms. The third kappa shape index (κ3) is 6.55. The van der Waals surface area contributed by atoms with Gasteiger partial charge in [-0.25, -0.2) is 0 Å². The van der Waals surface area contributed by atoms with E-state index in [2.05, 4.69) is 86.4 Å². The molecular weight excluding hydrogens is 404 g/mol. The SMILES string of the molecule is CCC[C@H](CN[C@@H](C)c1ccccc1)C(=O)N([C@H](C)c1ccccc1)[C@H](C)c1ccccc1. The zero-order valence-corrected chi connectivity index (χ0v) is 20.4. The molecule has 33 heavy (non-hydrogen) atoms. The lowest BCUT2D eigenvalue weighted by Gasteiger charge is -2.38. The van der Waals surface area contributed by atoms with Gasteiger partial charge in [0.15, 0.2) is 0 Å². The van der Waals surface area contributed by atoms with Crippen LogP contribution >= 0.6 is 0 Å². The summed E-state index contributed by atoms with van der Waals surface area (Å²) >= 11 is 0. The van der Waals surface area contributed by atoms with Gasteiger partial charge in [0.25, 0.3) is 0 Å². The monoisotopic (exact) mass is 442 g/mol. The van der Waals surface area contributed by atoms with Crippen molar-refractivity contribution in [2.24, 2.45) is 5.92 Å². The summed E-state index contributed by atoms with van der Waals surface area (Å²) in [5.41, 5.74) is 3.57. The Balaban J connectivity index is 1.85. The first kappa shape index (κ1) is 24.7. The Labute approximate surface area is 199 Å². The maximum Gasteiger partial charge on any atom is 0.227 e. The normalized spacial score (nSPS) is 14.8. The minimum Gasteiger partial charge on any atom is -0.329 e. The fourth-order valence-corrected chi connectivity index (χ4v) is 4.55. The van der Waals surface area contributed by atoms with Crippen LogP contribution < -0.4 is 5.32 Å². The first-order valence-corrected chi connectivity index (χ1v) is 12.2. The molecule has 0 fully saturated rings. The quantitative estimate of drug-likeness (QED) is 0.343. The highest BCUT2D eigenvalue weighted by Crippen LogP contribution is 2.32. The van der Waals surface area contributed by atoms with E-state index < -0.39 is 0 Å². The van der Waals surface area contributed by atoms with Gasteiger partial charge in [-0.1, -0.05) is 104 Å². The number of nitrogens with zero attached hydrogens (tertiary/aromatic N) is 1. The van der Waals surface area contributed by atoms with Crippen molar-refractivity contribution in [2.45, 2.75) is 58.7 Å². The van der Waals surface area contributed by atoms with Crippen LogP contribution in [0.25, 0.3) is 0 Å². The lowest BCUT2D eigenvalue weighted by Crippen LogP contribution is -2.43. The molecule has 3 heteroatoms. The van der Waals surface area contributed by atoms with Gasteiger partial charge >= 0.3 is 0 Å². The molecule has 1 N–H and O–H groups in total. The fraction of sp³-hybridized carbons (Fsp3) is 0.367. The summed E-state index contributed by atoms with van der Waals surface area (Å²) < 4.78 is 0. The van der Waals surface area contributed by atoms with E-state index in [9.17, 15) is 4.79 Å². The molecule has 0 heterocycles. The molecule has 3 aromatic carbocycles. The van der Waals surface area contributed by atoms with Gasteiger partial charge in [-0.15, -0.1) is 0 Å². The number of carbonyl (C=O) groups excluding carboxylic acids is 1. The molecule has 0 spiro atoms. The Morgan fingerprint density at radius 1 is 0.727 bits per heavy atom. The third-order valence-electron chi connectivity index (χ3n) is 6.61. The number of carbonyl (C=O) groups is 1. The van der Waals surface area contributed by atoms with Crippen LogP contribution in [0.4, 0.5) is 0 Å². The van der Waals surface area contributed by atoms with Gasteiger partial charge in [0.2, 0.25) is 5.91 Å². The van der Waals surface area contributed by atoms with Crippen molar-refractivity contribution in [3.05, 3.63) is 108 Å². The number of nitrogens with one attached hydrogen (secondary N) is 1. The van der Waals surface area contributed by atoms with Gasteiger partial charge in [-0.2, -0.15) is 0 Å². The first-order chi connectivity index (χ1) is 16.0. The van der Waals surface area contributed by atoms with E-state index in [1.165, 1.54) is 5.56 Å². The summed E-state index contributed by atoms with van der Waals surface area (Å²) in [4.78, 5) is 16.2. The van der Waals surface area contributed by atoms with Crippen molar-refractivity contribution in [1.82, 2.24) is 10.2 Å². The molecule has 0 aliphatic carbocycles. The number of hydrogen-bond acceptors (Lipinski definition) is 2. The number of benzene rings is 3. The van der Waals surface area contributed by atoms with Crippen molar-refractivity contribution in [1.29, 1.82) is 0 Å². The van der Waals surface area contributed by atoms with E-state index in [1.54, 1.807) is 0 Å². The Morgan fingerprint density at radius 2 is 1.15 bits per heavy atom. The molecule has 0 unspecified atom stereocenters. The minimum absolute atomic E-state index is 0.0141. The van der Waals surface area contributed by atoms with Crippen molar-refractivity contribution >= 4 is 5.91 Å². The van der Waals surface area contributed by atoms with Crippen LogP contribution in [0.3, 0.4) is 0 Å². The molecule has 174 valence electrons. The average molecular weight is 443 g/mol. The lowest BCUT2D eigenvalue weighted by molar-refractivity contribution is -0.140. The second kappa shape index (κ2) is 12.4. The Hall–Kier alpha value is -2.91. The van der Waals surface area contributed by atoms with Crippen LogP contribution in [0.5, 0.6) is 0 Å². The van der Waals surface area contributed by atoms with Crippen molar-refractivity contribution in [2.75, 3.05) is 6.54 Å². The summed E-state index contributed by atoms with van der Waals surface area (Å²) in [6.07, 6.45) is 1.85. The molecule has 0 saturated heterocycles.